The van der Waals surface area contributed by atoms with E-state index in [-0.39, 0.29) is 5.56 Å². The van der Waals surface area contributed by atoms with Gasteiger partial charge in [-0.05, 0) is 47.5 Å². The molecule has 0 saturated carbocycles. The van der Waals surface area contributed by atoms with Crippen LogP contribution in [0.15, 0.2) is 60.0 Å². The highest BCUT2D eigenvalue weighted by molar-refractivity contribution is 7.80. The lowest BCUT2D eigenvalue weighted by atomic mass is 10.0. The van der Waals surface area contributed by atoms with Crippen LogP contribution in [-0.4, -0.2) is 0 Å². The van der Waals surface area contributed by atoms with Gasteiger partial charge in [0.05, 0.1) is 5.56 Å². The molecule has 0 atom stereocenters. The summed E-state index contributed by atoms with van der Waals surface area (Å²) in [7, 11) is 0. The Morgan fingerprint density at radius 1 is 0.909 bits per heavy atom. The van der Waals surface area contributed by atoms with Gasteiger partial charge in [-0.1, -0.05) is 24.8 Å². The zero-order valence-electron chi connectivity index (χ0n) is 11.5. The van der Waals surface area contributed by atoms with E-state index in [1.54, 1.807) is 42.5 Å². The summed E-state index contributed by atoms with van der Waals surface area (Å²) in [5, 5.41) is 0. The predicted octanol–water partition coefficient (Wildman–Crippen LogP) is 6.29. The molecule has 0 fully saturated rings. The maximum absolute atomic E-state index is 14.4. The number of benzene rings is 2. The van der Waals surface area contributed by atoms with Crippen LogP contribution < -0.4 is 0 Å². The fourth-order valence-electron chi connectivity index (χ4n) is 2.23. The minimum absolute atomic E-state index is 0.00710. The molecule has 3 aromatic rings. The topological polar surface area (TPSA) is 0 Å². The van der Waals surface area contributed by atoms with Crippen LogP contribution >= 0.6 is 24.0 Å². The Bertz CT molecular complexity index is 810. The van der Waals surface area contributed by atoms with Crippen molar-refractivity contribution in [2.24, 2.45) is 0 Å². The zero-order valence-corrected chi connectivity index (χ0v) is 13.2. The largest absolute Gasteiger partial charge is 0.206 e. The Hall–Kier alpha value is -1.91. The van der Waals surface area contributed by atoms with E-state index >= 15 is 0 Å². The Labute approximate surface area is 137 Å². The van der Waals surface area contributed by atoms with Gasteiger partial charge in [0.2, 0.25) is 0 Å². The second kappa shape index (κ2) is 6.07. The van der Waals surface area contributed by atoms with Gasteiger partial charge in [-0.15, -0.1) is 24.0 Å². The summed E-state index contributed by atoms with van der Waals surface area (Å²) >= 11 is 5.52. The molecular weight excluding hydrogens is 318 g/mol. The van der Waals surface area contributed by atoms with Crippen molar-refractivity contribution in [2.45, 2.75) is 4.90 Å². The second-order valence-electron chi connectivity index (χ2n) is 4.77. The van der Waals surface area contributed by atoms with Crippen molar-refractivity contribution in [3.8, 4) is 21.6 Å². The van der Waals surface area contributed by atoms with Gasteiger partial charge in [-0.3, -0.25) is 0 Å². The van der Waals surface area contributed by atoms with Gasteiger partial charge in [0.15, 0.2) is 0 Å². The summed E-state index contributed by atoms with van der Waals surface area (Å²) < 4.78 is 28.8. The first kappa shape index (κ1) is 15.0. The summed E-state index contributed by atoms with van der Waals surface area (Å²) in [6, 6.07) is 13.4. The molecule has 0 radical (unpaired) electrons. The Morgan fingerprint density at radius 3 is 2.09 bits per heavy atom. The molecule has 4 heteroatoms. The molecular formula is C18H12F2S2. The van der Waals surface area contributed by atoms with Gasteiger partial charge in [0.1, 0.15) is 11.6 Å². The molecule has 0 unspecified atom stereocenters. The van der Waals surface area contributed by atoms with Crippen molar-refractivity contribution >= 4 is 30.0 Å². The van der Waals surface area contributed by atoms with Crippen molar-refractivity contribution in [3.63, 3.8) is 0 Å². The third-order valence-electron chi connectivity index (χ3n) is 3.32. The maximum Gasteiger partial charge on any atom is 0.135 e. The van der Waals surface area contributed by atoms with Gasteiger partial charge in [0.25, 0.3) is 0 Å². The van der Waals surface area contributed by atoms with Gasteiger partial charge in [-0.25, -0.2) is 8.78 Å². The number of hydrogen-bond donors (Lipinski definition) is 1. The van der Waals surface area contributed by atoms with Crippen molar-refractivity contribution in [3.05, 3.63) is 71.6 Å². The molecule has 0 bridgehead atoms. The molecule has 0 N–H and O–H groups in total. The number of hydrogen-bond acceptors (Lipinski definition) is 2. The number of rotatable bonds is 3. The number of thiophene rings is 1. The minimum Gasteiger partial charge on any atom is -0.206 e. The van der Waals surface area contributed by atoms with Gasteiger partial charge in [-0.2, -0.15) is 0 Å². The predicted molar refractivity (Wildman–Crippen MR) is 92.5 cm³/mol. The molecule has 0 aliphatic carbocycles. The Morgan fingerprint density at radius 2 is 1.55 bits per heavy atom. The van der Waals surface area contributed by atoms with Crippen molar-refractivity contribution in [1.82, 2.24) is 0 Å². The van der Waals surface area contributed by atoms with Crippen LogP contribution in [0.3, 0.4) is 0 Å². The molecule has 1 heterocycles. The monoisotopic (exact) mass is 330 g/mol. The Kier molecular flexibility index (Phi) is 4.14. The fraction of sp³-hybridized carbons (Fsp3) is 0. The molecule has 0 spiro atoms. The lowest BCUT2D eigenvalue weighted by Gasteiger charge is -2.07. The van der Waals surface area contributed by atoms with E-state index in [4.69, 9.17) is 0 Å². The minimum atomic E-state index is -0.567. The van der Waals surface area contributed by atoms with E-state index in [2.05, 4.69) is 19.2 Å². The molecule has 2 aromatic carbocycles. The van der Waals surface area contributed by atoms with Crippen LogP contribution in [0.5, 0.6) is 0 Å². The standard InChI is InChI=1S/C18H12F2S2/c1-2-14-7-8-17(22-14)18-15(19)9-12(10-16(18)20)11-3-5-13(21)6-4-11/h2-10,21H,1H2. The molecule has 0 nitrogen and oxygen atoms in total. The summed E-state index contributed by atoms with van der Waals surface area (Å²) in [6.07, 6.45) is 1.66. The van der Waals surface area contributed by atoms with Gasteiger partial charge >= 0.3 is 0 Å². The van der Waals surface area contributed by atoms with E-state index in [0.717, 1.165) is 15.3 Å². The van der Waals surface area contributed by atoms with E-state index in [1.807, 2.05) is 0 Å². The van der Waals surface area contributed by atoms with Crippen molar-refractivity contribution in [2.75, 3.05) is 0 Å². The number of thiol groups is 1. The highest BCUT2D eigenvalue weighted by Gasteiger charge is 2.15. The van der Waals surface area contributed by atoms with Crippen LogP contribution in [0.1, 0.15) is 4.88 Å². The molecule has 1 aromatic heterocycles. The van der Waals surface area contributed by atoms with E-state index in [0.29, 0.717) is 10.4 Å². The van der Waals surface area contributed by atoms with Gasteiger partial charge in [0, 0.05) is 14.6 Å². The molecule has 110 valence electrons. The SMILES string of the molecule is C=Cc1ccc(-c2c(F)cc(-c3ccc(S)cc3)cc2F)s1. The third-order valence-corrected chi connectivity index (χ3v) is 4.71. The first-order valence-electron chi connectivity index (χ1n) is 6.59. The summed E-state index contributed by atoms with van der Waals surface area (Å²) in [5.74, 6) is -1.13. The lowest BCUT2D eigenvalue weighted by Crippen LogP contribution is -1.90. The van der Waals surface area contributed by atoms with E-state index < -0.39 is 11.6 Å². The van der Waals surface area contributed by atoms with Crippen molar-refractivity contribution < 1.29 is 8.78 Å². The molecule has 0 amide bonds. The average molecular weight is 330 g/mol. The number of halogens is 2. The molecule has 0 saturated heterocycles. The maximum atomic E-state index is 14.4. The van der Waals surface area contributed by atoms with E-state index in [9.17, 15) is 8.78 Å². The molecule has 22 heavy (non-hydrogen) atoms. The summed E-state index contributed by atoms with van der Waals surface area (Å²) in [4.78, 5) is 2.24. The van der Waals surface area contributed by atoms with Crippen LogP contribution in [0.4, 0.5) is 8.78 Å². The third kappa shape index (κ3) is 2.85. The highest BCUT2D eigenvalue weighted by atomic mass is 32.1. The Balaban J connectivity index is 2.08. The smallest absolute Gasteiger partial charge is 0.135 e. The van der Waals surface area contributed by atoms with Crippen LogP contribution in [0.25, 0.3) is 27.6 Å². The zero-order chi connectivity index (χ0) is 15.7. The van der Waals surface area contributed by atoms with Crippen LogP contribution in [0, 0.1) is 11.6 Å². The van der Waals surface area contributed by atoms with Crippen LogP contribution in [-0.2, 0) is 0 Å². The normalized spacial score (nSPS) is 10.7. The summed E-state index contributed by atoms with van der Waals surface area (Å²) in [5.41, 5.74) is 1.26. The van der Waals surface area contributed by atoms with Gasteiger partial charge < -0.3 is 0 Å². The summed E-state index contributed by atoms with van der Waals surface area (Å²) in [6.45, 7) is 3.66. The van der Waals surface area contributed by atoms with E-state index in [1.165, 1.54) is 23.5 Å². The lowest BCUT2D eigenvalue weighted by molar-refractivity contribution is 0.591. The first-order chi connectivity index (χ1) is 10.6. The molecule has 0 aliphatic heterocycles. The highest BCUT2D eigenvalue weighted by Crippen LogP contribution is 2.35. The molecule has 0 aliphatic rings. The quantitative estimate of drug-likeness (QED) is 0.536. The second-order valence-corrected chi connectivity index (χ2v) is 6.40. The van der Waals surface area contributed by atoms with Crippen LogP contribution in [0.2, 0.25) is 0 Å². The first-order valence-corrected chi connectivity index (χ1v) is 7.86. The van der Waals surface area contributed by atoms with Crippen molar-refractivity contribution in [1.29, 1.82) is 0 Å². The fourth-order valence-corrected chi connectivity index (χ4v) is 3.28. The molecule has 3 rings (SSSR count). The average Bonchev–Trinajstić information content (AvgIpc) is 2.96.